The lowest BCUT2D eigenvalue weighted by molar-refractivity contribution is -0.185. The number of fused-ring (bicyclic) bond motifs is 1. The minimum absolute atomic E-state index is 0.0689. The van der Waals surface area contributed by atoms with Crippen molar-refractivity contribution in [2.75, 3.05) is 44.2 Å². The summed E-state index contributed by atoms with van der Waals surface area (Å²) in [5.41, 5.74) is 4.90. The molecule has 35 heavy (non-hydrogen) atoms. The summed E-state index contributed by atoms with van der Waals surface area (Å²) in [4.78, 5) is 27.6. The van der Waals surface area contributed by atoms with Gasteiger partial charge in [-0.05, 0) is 75.0 Å². The number of amides is 1. The second-order valence-electron chi connectivity index (χ2n) is 8.92. The Morgan fingerprint density at radius 2 is 1.69 bits per heavy atom. The first-order valence-electron chi connectivity index (χ1n) is 12.2. The summed E-state index contributed by atoms with van der Waals surface area (Å²) in [6, 6.07) is 13.3. The first-order chi connectivity index (χ1) is 16.7. The number of nitrogens with one attached hydrogen (secondary N) is 1. The van der Waals surface area contributed by atoms with Crippen LogP contribution < -0.4 is 10.2 Å². The number of nitrogens with zero attached hydrogens (tertiary/aromatic N) is 2. The number of alkyl halides is 3. The number of likely N-dealkylation sites (N-methyl/N-ethyl adjacent to an activating group) is 1. The number of carbonyl (C=O) groups is 2. The van der Waals surface area contributed by atoms with Gasteiger partial charge in [-0.2, -0.15) is 13.2 Å². The van der Waals surface area contributed by atoms with Crippen LogP contribution in [-0.4, -0.2) is 62.0 Å². The van der Waals surface area contributed by atoms with Gasteiger partial charge in [0.05, 0.1) is 0 Å². The molecule has 190 valence electrons. The van der Waals surface area contributed by atoms with Gasteiger partial charge in [0.25, 0.3) is 0 Å². The van der Waals surface area contributed by atoms with Gasteiger partial charge in [-0.25, -0.2) is 0 Å². The standard InChI is InChI=1S/C27H34F3N3O2/c1-3-32(24-8-5-4-7-20(24)2)17-18-33(26(35)27(28,29)30)16-6-9-25(34)23-11-10-21-12-14-31-15-13-22(21)19-23/h4-5,7-8,10-11,19,31H,3,6,9,12-18H2,1-2H3. The largest absolute Gasteiger partial charge is 0.471 e. The molecule has 8 heteroatoms. The van der Waals surface area contributed by atoms with E-state index in [9.17, 15) is 22.8 Å². The van der Waals surface area contributed by atoms with Crippen molar-refractivity contribution in [3.63, 3.8) is 0 Å². The van der Waals surface area contributed by atoms with Crippen molar-refractivity contribution >= 4 is 17.4 Å². The van der Waals surface area contributed by atoms with E-state index in [1.54, 1.807) is 6.07 Å². The number of anilines is 1. The number of halogens is 3. The van der Waals surface area contributed by atoms with Gasteiger partial charge in [-0.1, -0.05) is 30.3 Å². The molecular formula is C27H34F3N3O2. The van der Waals surface area contributed by atoms with E-state index in [0.717, 1.165) is 47.6 Å². The van der Waals surface area contributed by atoms with E-state index < -0.39 is 12.1 Å². The van der Waals surface area contributed by atoms with Crippen LogP contribution in [0.25, 0.3) is 0 Å². The van der Waals surface area contributed by atoms with Crippen molar-refractivity contribution < 1.29 is 22.8 Å². The Morgan fingerprint density at radius 3 is 2.37 bits per heavy atom. The minimum Gasteiger partial charge on any atom is -0.370 e. The lowest BCUT2D eigenvalue weighted by atomic mass is 9.97. The molecule has 2 aromatic rings. The Hall–Kier alpha value is -2.87. The van der Waals surface area contributed by atoms with Gasteiger partial charge in [-0.3, -0.25) is 9.59 Å². The molecule has 2 aromatic carbocycles. The molecule has 1 aliphatic rings. The van der Waals surface area contributed by atoms with E-state index >= 15 is 0 Å². The van der Waals surface area contributed by atoms with Crippen molar-refractivity contribution in [1.29, 1.82) is 0 Å². The van der Waals surface area contributed by atoms with Crippen molar-refractivity contribution in [2.24, 2.45) is 0 Å². The first-order valence-corrected chi connectivity index (χ1v) is 12.2. The maximum absolute atomic E-state index is 13.3. The summed E-state index contributed by atoms with van der Waals surface area (Å²) < 4.78 is 39.8. The van der Waals surface area contributed by atoms with Crippen LogP contribution in [0.15, 0.2) is 42.5 Å². The van der Waals surface area contributed by atoms with Crippen molar-refractivity contribution in [3.8, 4) is 0 Å². The molecule has 0 bridgehead atoms. The van der Waals surface area contributed by atoms with Gasteiger partial charge in [0.1, 0.15) is 0 Å². The fourth-order valence-electron chi connectivity index (χ4n) is 4.52. The monoisotopic (exact) mass is 489 g/mol. The number of rotatable bonds is 10. The Kier molecular flexibility index (Phi) is 9.32. The maximum atomic E-state index is 13.3. The Bertz CT molecular complexity index is 1020. The number of carbonyl (C=O) groups excluding carboxylic acids is 2. The molecule has 1 N–H and O–H groups in total. The number of ketones is 1. The van der Waals surface area contributed by atoms with E-state index in [1.165, 1.54) is 5.56 Å². The molecular weight excluding hydrogens is 455 g/mol. The predicted octanol–water partition coefficient (Wildman–Crippen LogP) is 4.56. The van der Waals surface area contributed by atoms with Crippen LogP contribution in [0, 0.1) is 6.92 Å². The molecule has 0 aromatic heterocycles. The first kappa shape index (κ1) is 26.7. The molecule has 0 radical (unpaired) electrons. The number of hydrogen-bond donors (Lipinski definition) is 1. The number of aryl methyl sites for hydroxylation is 1. The molecule has 0 atom stereocenters. The van der Waals surface area contributed by atoms with Gasteiger partial charge < -0.3 is 15.1 Å². The molecule has 0 fully saturated rings. The van der Waals surface area contributed by atoms with Crippen LogP contribution in [0.4, 0.5) is 18.9 Å². The van der Waals surface area contributed by atoms with Crippen LogP contribution in [0.1, 0.15) is 46.8 Å². The zero-order valence-electron chi connectivity index (χ0n) is 20.5. The zero-order valence-corrected chi connectivity index (χ0v) is 20.5. The van der Waals surface area contributed by atoms with Crippen LogP contribution in [0.3, 0.4) is 0 Å². The van der Waals surface area contributed by atoms with E-state index in [-0.39, 0.29) is 38.3 Å². The molecule has 5 nitrogen and oxygen atoms in total. The highest BCUT2D eigenvalue weighted by atomic mass is 19.4. The molecule has 0 saturated carbocycles. The lowest BCUT2D eigenvalue weighted by Gasteiger charge is -2.30. The fourth-order valence-corrected chi connectivity index (χ4v) is 4.52. The summed E-state index contributed by atoms with van der Waals surface area (Å²) in [6.45, 7) is 6.32. The summed E-state index contributed by atoms with van der Waals surface area (Å²) >= 11 is 0. The third-order valence-electron chi connectivity index (χ3n) is 6.51. The number of benzene rings is 2. The average Bonchev–Trinajstić information content (AvgIpc) is 3.08. The summed E-state index contributed by atoms with van der Waals surface area (Å²) in [5, 5.41) is 3.33. The maximum Gasteiger partial charge on any atom is 0.471 e. The molecule has 1 aliphatic heterocycles. The third kappa shape index (κ3) is 7.31. The highest BCUT2D eigenvalue weighted by Crippen LogP contribution is 2.22. The highest BCUT2D eigenvalue weighted by Gasteiger charge is 2.42. The van der Waals surface area contributed by atoms with Gasteiger partial charge in [-0.15, -0.1) is 0 Å². The number of hydrogen-bond acceptors (Lipinski definition) is 4. The summed E-state index contributed by atoms with van der Waals surface area (Å²) in [7, 11) is 0. The van der Waals surface area contributed by atoms with Crippen LogP contribution in [-0.2, 0) is 17.6 Å². The predicted molar refractivity (Wildman–Crippen MR) is 132 cm³/mol. The SMILES string of the molecule is CCN(CCN(CCCC(=O)c1ccc2c(c1)CCNCC2)C(=O)C(F)(F)F)c1ccccc1C. The van der Waals surface area contributed by atoms with Gasteiger partial charge in [0, 0.05) is 43.9 Å². The highest BCUT2D eigenvalue weighted by molar-refractivity contribution is 5.96. The minimum atomic E-state index is -4.95. The summed E-state index contributed by atoms with van der Waals surface area (Å²) in [5.74, 6) is -1.97. The molecule has 0 saturated heterocycles. The molecule has 0 aliphatic carbocycles. The molecule has 1 heterocycles. The zero-order chi connectivity index (χ0) is 25.4. The smallest absolute Gasteiger partial charge is 0.370 e. The van der Waals surface area contributed by atoms with Crippen molar-refractivity contribution in [3.05, 3.63) is 64.7 Å². The normalized spacial score (nSPS) is 13.6. The van der Waals surface area contributed by atoms with Crippen LogP contribution in [0.2, 0.25) is 0 Å². The quantitative estimate of drug-likeness (QED) is 0.497. The Morgan fingerprint density at radius 1 is 0.971 bits per heavy atom. The van der Waals surface area contributed by atoms with Gasteiger partial charge >= 0.3 is 12.1 Å². The summed E-state index contributed by atoms with van der Waals surface area (Å²) in [6.07, 6.45) is -2.92. The molecule has 3 rings (SSSR count). The average molecular weight is 490 g/mol. The van der Waals surface area contributed by atoms with Gasteiger partial charge in [0.15, 0.2) is 5.78 Å². The number of para-hydroxylation sites is 1. The third-order valence-corrected chi connectivity index (χ3v) is 6.51. The lowest BCUT2D eigenvalue weighted by Crippen LogP contribution is -2.45. The Balaban J connectivity index is 1.62. The van der Waals surface area contributed by atoms with E-state index in [2.05, 4.69) is 5.32 Å². The van der Waals surface area contributed by atoms with Gasteiger partial charge in [0.2, 0.25) is 0 Å². The topological polar surface area (TPSA) is 52.6 Å². The van der Waals surface area contributed by atoms with Crippen LogP contribution in [0.5, 0.6) is 0 Å². The second-order valence-corrected chi connectivity index (χ2v) is 8.92. The van der Waals surface area contributed by atoms with E-state index in [0.29, 0.717) is 12.1 Å². The van der Waals surface area contributed by atoms with Crippen molar-refractivity contribution in [2.45, 2.75) is 45.7 Å². The van der Waals surface area contributed by atoms with E-state index in [1.807, 2.05) is 55.1 Å². The number of Topliss-reactive ketones (excluding diaryl/α,β-unsaturated/α-hetero) is 1. The second kappa shape index (κ2) is 12.2. The fraction of sp³-hybridized carbons (Fsp3) is 0.481. The molecule has 0 spiro atoms. The molecule has 0 unspecified atom stereocenters. The Labute approximate surface area is 205 Å². The van der Waals surface area contributed by atoms with E-state index in [4.69, 9.17) is 0 Å². The van der Waals surface area contributed by atoms with Crippen LogP contribution >= 0.6 is 0 Å². The molecule has 1 amide bonds. The van der Waals surface area contributed by atoms with Crippen molar-refractivity contribution in [1.82, 2.24) is 10.2 Å².